The molecule has 0 saturated heterocycles. The third-order valence-electron chi connectivity index (χ3n) is 2.76. The molecule has 0 fully saturated rings. The third-order valence-corrected chi connectivity index (χ3v) is 2.76. The number of hydrogen-bond donors (Lipinski definition) is 2. The van der Waals surface area contributed by atoms with Gasteiger partial charge in [-0.2, -0.15) is 0 Å². The van der Waals surface area contributed by atoms with Crippen molar-refractivity contribution in [1.82, 2.24) is 4.90 Å². The first kappa shape index (κ1) is 14.7. The number of rotatable bonds is 7. The predicted molar refractivity (Wildman–Crippen MR) is 75.6 cm³/mol. The average molecular weight is 249 g/mol. The van der Waals surface area contributed by atoms with Crippen LogP contribution in [0.1, 0.15) is 18.4 Å². The molecular weight excluding hydrogens is 226 g/mol. The summed E-state index contributed by atoms with van der Waals surface area (Å²) in [6.45, 7) is 4.45. The summed E-state index contributed by atoms with van der Waals surface area (Å²) in [4.78, 5) is 13.8. The van der Waals surface area contributed by atoms with Gasteiger partial charge in [0.05, 0.1) is 0 Å². The Bertz CT molecular complexity index is 379. The fourth-order valence-electron chi connectivity index (χ4n) is 1.79. The van der Waals surface area contributed by atoms with Crippen LogP contribution in [0.5, 0.6) is 0 Å². The highest BCUT2D eigenvalue weighted by Gasteiger charge is 2.03. The van der Waals surface area contributed by atoms with Crippen LogP contribution in [0.15, 0.2) is 24.3 Å². The first-order chi connectivity index (χ1) is 8.61. The van der Waals surface area contributed by atoms with Gasteiger partial charge < -0.3 is 16.0 Å². The summed E-state index contributed by atoms with van der Waals surface area (Å²) < 4.78 is 0. The molecule has 0 atom stereocenters. The Kier molecular flexibility index (Phi) is 6.39. The molecule has 1 amide bonds. The molecule has 100 valence electrons. The lowest BCUT2D eigenvalue weighted by Gasteiger charge is -2.14. The molecular formula is C14H23N3O. The highest BCUT2D eigenvalue weighted by Crippen LogP contribution is 2.10. The minimum atomic E-state index is 0.0711. The van der Waals surface area contributed by atoms with Gasteiger partial charge in [0, 0.05) is 25.2 Å². The van der Waals surface area contributed by atoms with Crippen molar-refractivity contribution in [3.8, 4) is 0 Å². The second-order valence-electron chi connectivity index (χ2n) is 4.61. The van der Waals surface area contributed by atoms with Crippen molar-refractivity contribution in [2.45, 2.75) is 19.8 Å². The van der Waals surface area contributed by atoms with E-state index < -0.39 is 0 Å². The fraction of sp³-hybridized carbons (Fsp3) is 0.500. The second-order valence-corrected chi connectivity index (χ2v) is 4.61. The number of hydrogen-bond acceptors (Lipinski definition) is 3. The van der Waals surface area contributed by atoms with Gasteiger partial charge in [-0.15, -0.1) is 0 Å². The zero-order valence-corrected chi connectivity index (χ0v) is 11.3. The molecule has 0 aliphatic rings. The summed E-state index contributed by atoms with van der Waals surface area (Å²) in [7, 11) is 2.02. The molecule has 0 heterocycles. The van der Waals surface area contributed by atoms with Crippen molar-refractivity contribution in [3.63, 3.8) is 0 Å². The highest BCUT2D eigenvalue weighted by atomic mass is 16.1. The maximum atomic E-state index is 11.7. The van der Waals surface area contributed by atoms with Crippen LogP contribution in [0, 0.1) is 6.92 Å². The van der Waals surface area contributed by atoms with Crippen molar-refractivity contribution in [1.29, 1.82) is 0 Å². The normalized spacial score (nSPS) is 10.7. The molecule has 0 unspecified atom stereocenters. The molecule has 1 aromatic carbocycles. The number of nitrogens with one attached hydrogen (secondary N) is 1. The Morgan fingerprint density at radius 2 is 2.17 bits per heavy atom. The van der Waals surface area contributed by atoms with Gasteiger partial charge in [-0.05, 0) is 44.6 Å². The van der Waals surface area contributed by atoms with Gasteiger partial charge in [-0.25, -0.2) is 0 Å². The average Bonchev–Trinajstić information content (AvgIpc) is 2.29. The van der Waals surface area contributed by atoms with Crippen LogP contribution in [-0.2, 0) is 4.79 Å². The predicted octanol–water partition coefficient (Wildman–Crippen LogP) is 1.60. The summed E-state index contributed by atoms with van der Waals surface area (Å²) >= 11 is 0. The molecule has 0 aromatic heterocycles. The smallest absolute Gasteiger partial charge is 0.224 e. The van der Waals surface area contributed by atoms with Crippen molar-refractivity contribution in [2.75, 3.05) is 32.0 Å². The van der Waals surface area contributed by atoms with E-state index in [1.807, 2.05) is 38.2 Å². The Hall–Kier alpha value is -1.39. The first-order valence-corrected chi connectivity index (χ1v) is 6.37. The van der Waals surface area contributed by atoms with Gasteiger partial charge in [-0.3, -0.25) is 4.79 Å². The zero-order chi connectivity index (χ0) is 13.4. The third kappa shape index (κ3) is 5.80. The van der Waals surface area contributed by atoms with E-state index in [1.165, 1.54) is 0 Å². The molecule has 4 heteroatoms. The number of nitrogens with two attached hydrogens (primary N) is 1. The lowest BCUT2D eigenvalue weighted by Crippen LogP contribution is -2.27. The van der Waals surface area contributed by atoms with Crippen LogP contribution in [0.3, 0.4) is 0 Å². The number of nitrogens with zero attached hydrogens (tertiary/aromatic N) is 1. The Morgan fingerprint density at radius 1 is 1.39 bits per heavy atom. The topological polar surface area (TPSA) is 58.4 Å². The lowest BCUT2D eigenvalue weighted by molar-refractivity contribution is -0.116. The summed E-state index contributed by atoms with van der Waals surface area (Å²) in [5, 5.41) is 2.91. The van der Waals surface area contributed by atoms with Gasteiger partial charge in [0.15, 0.2) is 0 Å². The molecule has 0 saturated carbocycles. The minimum Gasteiger partial charge on any atom is -0.329 e. The van der Waals surface area contributed by atoms with E-state index in [4.69, 9.17) is 5.73 Å². The number of carbonyl (C=O) groups excluding carboxylic acids is 1. The second kappa shape index (κ2) is 7.84. The van der Waals surface area contributed by atoms with E-state index in [1.54, 1.807) is 0 Å². The van der Waals surface area contributed by atoms with E-state index in [0.717, 1.165) is 30.8 Å². The molecule has 18 heavy (non-hydrogen) atoms. The van der Waals surface area contributed by atoms with E-state index in [2.05, 4.69) is 10.2 Å². The molecule has 3 N–H and O–H groups in total. The van der Waals surface area contributed by atoms with Crippen LogP contribution >= 0.6 is 0 Å². The van der Waals surface area contributed by atoms with Crippen molar-refractivity contribution >= 4 is 11.6 Å². The number of anilines is 1. The molecule has 0 aliphatic carbocycles. The molecule has 4 nitrogen and oxygen atoms in total. The molecule has 0 spiro atoms. The van der Waals surface area contributed by atoms with Gasteiger partial charge in [-0.1, -0.05) is 12.1 Å². The number of benzene rings is 1. The Balaban J connectivity index is 2.25. The molecule has 0 aliphatic heterocycles. The number of carbonyl (C=O) groups is 1. The maximum absolute atomic E-state index is 11.7. The van der Waals surface area contributed by atoms with Crippen LogP contribution in [-0.4, -0.2) is 37.5 Å². The van der Waals surface area contributed by atoms with Crippen LogP contribution in [0.25, 0.3) is 0 Å². The van der Waals surface area contributed by atoms with Gasteiger partial charge in [0.2, 0.25) is 5.91 Å². The van der Waals surface area contributed by atoms with Crippen molar-refractivity contribution in [3.05, 3.63) is 29.8 Å². The Labute approximate surface area is 109 Å². The summed E-state index contributed by atoms with van der Waals surface area (Å²) in [6, 6.07) is 7.83. The van der Waals surface area contributed by atoms with Gasteiger partial charge in [0.1, 0.15) is 0 Å². The van der Waals surface area contributed by atoms with E-state index in [0.29, 0.717) is 13.0 Å². The number of amides is 1. The molecule has 1 rings (SSSR count). The molecule has 1 aromatic rings. The summed E-state index contributed by atoms with van der Waals surface area (Å²) in [5.41, 5.74) is 7.48. The lowest BCUT2D eigenvalue weighted by atomic mass is 10.2. The maximum Gasteiger partial charge on any atom is 0.224 e. The van der Waals surface area contributed by atoms with Crippen molar-refractivity contribution < 1.29 is 4.79 Å². The summed E-state index contributed by atoms with van der Waals surface area (Å²) in [5.74, 6) is 0.0711. The van der Waals surface area contributed by atoms with Crippen LogP contribution in [0.4, 0.5) is 5.69 Å². The van der Waals surface area contributed by atoms with Gasteiger partial charge >= 0.3 is 0 Å². The SMILES string of the molecule is Cc1cccc(NC(=O)CCCN(C)CCN)c1. The minimum absolute atomic E-state index is 0.0711. The van der Waals surface area contributed by atoms with E-state index in [-0.39, 0.29) is 5.91 Å². The fourth-order valence-corrected chi connectivity index (χ4v) is 1.79. The monoisotopic (exact) mass is 249 g/mol. The van der Waals surface area contributed by atoms with Gasteiger partial charge in [0.25, 0.3) is 0 Å². The highest BCUT2D eigenvalue weighted by molar-refractivity contribution is 5.90. The molecule has 0 bridgehead atoms. The first-order valence-electron chi connectivity index (χ1n) is 6.37. The summed E-state index contributed by atoms with van der Waals surface area (Å²) in [6.07, 6.45) is 1.40. The quantitative estimate of drug-likeness (QED) is 0.771. The van der Waals surface area contributed by atoms with E-state index in [9.17, 15) is 4.79 Å². The van der Waals surface area contributed by atoms with Crippen LogP contribution in [0.2, 0.25) is 0 Å². The number of likely N-dealkylation sites (N-methyl/N-ethyl adjacent to an activating group) is 1. The van der Waals surface area contributed by atoms with Crippen molar-refractivity contribution in [2.24, 2.45) is 5.73 Å². The Morgan fingerprint density at radius 3 is 2.83 bits per heavy atom. The molecule has 0 radical (unpaired) electrons. The largest absolute Gasteiger partial charge is 0.329 e. The van der Waals surface area contributed by atoms with E-state index >= 15 is 0 Å². The standard InChI is InChI=1S/C14H23N3O/c1-12-5-3-6-13(11-12)16-14(18)7-4-9-17(2)10-8-15/h3,5-6,11H,4,7-10,15H2,1-2H3,(H,16,18). The van der Waals surface area contributed by atoms with Crippen LogP contribution < -0.4 is 11.1 Å². The number of aryl methyl sites for hydroxylation is 1. The zero-order valence-electron chi connectivity index (χ0n) is 11.3.